The van der Waals surface area contributed by atoms with Crippen molar-refractivity contribution in [1.29, 1.82) is 0 Å². The minimum atomic E-state index is -0.659. The molecule has 48 heavy (non-hydrogen) atoms. The number of hydrogen-bond donors (Lipinski definition) is 1. The van der Waals surface area contributed by atoms with Crippen molar-refractivity contribution >= 4 is 16.7 Å². The average Bonchev–Trinajstić information content (AvgIpc) is 3.64. The van der Waals surface area contributed by atoms with Gasteiger partial charge < -0.3 is 19.5 Å². The molecule has 9 nitrogen and oxygen atoms in total. The number of benzene rings is 3. The van der Waals surface area contributed by atoms with Crippen molar-refractivity contribution in [3.8, 4) is 11.6 Å². The van der Waals surface area contributed by atoms with Crippen LogP contribution in [-0.4, -0.2) is 62.2 Å². The quantitative estimate of drug-likeness (QED) is 0.184. The van der Waals surface area contributed by atoms with E-state index in [1.807, 2.05) is 12.4 Å². The molecule has 2 aliphatic rings. The fourth-order valence-electron chi connectivity index (χ4n) is 7.45. The van der Waals surface area contributed by atoms with Gasteiger partial charge in [-0.2, -0.15) is 4.98 Å². The summed E-state index contributed by atoms with van der Waals surface area (Å²) in [5.41, 5.74) is 3.54. The molecule has 0 spiro atoms. The van der Waals surface area contributed by atoms with Crippen LogP contribution in [0.4, 0.5) is 5.82 Å². The largest absolute Gasteiger partial charge is 0.506 e. The first-order valence-corrected chi connectivity index (χ1v) is 16.8. The van der Waals surface area contributed by atoms with Crippen LogP contribution in [-0.2, 0) is 10.3 Å². The van der Waals surface area contributed by atoms with Gasteiger partial charge in [-0.3, -0.25) is 9.55 Å². The zero-order valence-electron chi connectivity index (χ0n) is 26.7. The third-order valence-corrected chi connectivity index (χ3v) is 9.78. The minimum absolute atomic E-state index is 0.0299. The van der Waals surface area contributed by atoms with E-state index in [0.29, 0.717) is 24.5 Å². The molecule has 1 aliphatic heterocycles. The number of aromatic hydroxyl groups is 1. The molecular formula is C39H38N6O3. The number of fused-ring (bicyclic) bond motifs is 1. The molecule has 4 heterocycles. The van der Waals surface area contributed by atoms with E-state index in [0.717, 1.165) is 72.6 Å². The summed E-state index contributed by atoms with van der Waals surface area (Å²) >= 11 is 0. The Balaban J connectivity index is 1.11. The molecule has 0 atom stereocenters. The Kier molecular flexibility index (Phi) is 8.20. The number of ether oxygens (including phenoxy) is 2. The summed E-state index contributed by atoms with van der Waals surface area (Å²) in [6.45, 7) is 2.85. The van der Waals surface area contributed by atoms with Crippen molar-refractivity contribution in [2.75, 3.05) is 31.2 Å². The van der Waals surface area contributed by atoms with E-state index >= 15 is 0 Å². The first-order valence-electron chi connectivity index (χ1n) is 16.8. The third-order valence-electron chi connectivity index (χ3n) is 9.78. The van der Waals surface area contributed by atoms with E-state index < -0.39 is 5.54 Å². The predicted octanol–water partition coefficient (Wildman–Crippen LogP) is 6.71. The van der Waals surface area contributed by atoms with Gasteiger partial charge in [0, 0.05) is 25.1 Å². The molecule has 1 aliphatic carbocycles. The number of aromatic nitrogens is 5. The average molecular weight is 639 g/mol. The molecule has 3 aromatic heterocycles. The van der Waals surface area contributed by atoms with Crippen molar-refractivity contribution in [3.05, 3.63) is 138 Å². The lowest BCUT2D eigenvalue weighted by atomic mass is 9.76. The molecular weight excluding hydrogens is 600 g/mol. The third kappa shape index (κ3) is 5.54. The second kappa shape index (κ2) is 13.1. The van der Waals surface area contributed by atoms with Crippen LogP contribution in [0.1, 0.15) is 54.1 Å². The summed E-state index contributed by atoms with van der Waals surface area (Å²) in [5.74, 6) is 2.59. The lowest BCUT2D eigenvalue weighted by Crippen LogP contribution is -2.39. The van der Waals surface area contributed by atoms with E-state index in [2.05, 4.69) is 111 Å². The van der Waals surface area contributed by atoms with Crippen LogP contribution in [0, 0.1) is 0 Å². The van der Waals surface area contributed by atoms with Gasteiger partial charge in [0.2, 0.25) is 5.88 Å². The summed E-state index contributed by atoms with van der Waals surface area (Å²) < 4.78 is 14.5. The normalized spacial score (nSPS) is 18.5. The Hall–Kier alpha value is -5.28. The Morgan fingerprint density at radius 2 is 1.38 bits per heavy atom. The summed E-state index contributed by atoms with van der Waals surface area (Å²) in [5, 5.41) is 20.3. The van der Waals surface area contributed by atoms with Crippen molar-refractivity contribution in [3.63, 3.8) is 0 Å². The van der Waals surface area contributed by atoms with Crippen molar-refractivity contribution in [1.82, 2.24) is 24.7 Å². The summed E-state index contributed by atoms with van der Waals surface area (Å²) in [4.78, 5) is 11.6. The van der Waals surface area contributed by atoms with Gasteiger partial charge >= 0.3 is 0 Å². The van der Waals surface area contributed by atoms with Gasteiger partial charge in [0.05, 0.1) is 30.3 Å². The molecule has 8 rings (SSSR count). The molecule has 0 bridgehead atoms. The molecule has 9 heteroatoms. The lowest BCUT2D eigenvalue weighted by molar-refractivity contribution is 0.121. The van der Waals surface area contributed by atoms with E-state index in [1.54, 1.807) is 6.07 Å². The minimum Gasteiger partial charge on any atom is -0.506 e. The van der Waals surface area contributed by atoms with Crippen LogP contribution in [0.15, 0.2) is 116 Å². The fourth-order valence-corrected chi connectivity index (χ4v) is 7.45. The van der Waals surface area contributed by atoms with Crippen LogP contribution in [0.25, 0.3) is 10.9 Å². The van der Waals surface area contributed by atoms with Gasteiger partial charge in [-0.25, -0.2) is 0 Å². The highest BCUT2D eigenvalue weighted by Gasteiger charge is 2.41. The van der Waals surface area contributed by atoms with Crippen molar-refractivity contribution < 1.29 is 14.6 Å². The van der Waals surface area contributed by atoms with Crippen LogP contribution in [0.5, 0.6) is 11.6 Å². The molecule has 242 valence electrons. The summed E-state index contributed by atoms with van der Waals surface area (Å²) in [7, 11) is 0. The van der Waals surface area contributed by atoms with Crippen molar-refractivity contribution in [2.24, 2.45) is 0 Å². The van der Waals surface area contributed by atoms with Gasteiger partial charge in [0.1, 0.15) is 35.4 Å². The zero-order valence-corrected chi connectivity index (χ0v) is 26.7. The van der Waals surface area contributed by atoms with Gasteiger partial charge in [-0.15, -0.1) is 10.2 Å². The van der Waals surface area contributed by atoms with E-state index in [1.165, 1.54) is 6.20 Å². The van der Waals surface area contributed by atoms with Crippen LogP contribution < -0.4 is 9.64 Å². The molecule has 0 amide bonds. The topological polar surface area (TPSA) is 98.4 Å². The second-order valence-electron chi connectivity index (χ2n) is 12.6. The summed E-state index contributed by atoms with van der Waals surface area (Å²) in [6.07, 6.45) is 6.80. The fraction of sp³-hybridized carbons (Fsp3) is 0.282. The standard InChI is InChI=1S/C39H38N6O3/c46-32-24-34-35(40-26-32)25-36(44-20-22-47-23-21-44)42-38(34)48-33-18-16-28(17-19-33)37-43-41-27-45(37)39(29-10-4-1-5-11-29,30-12-6-2-7-13-30)31-14-8-3-9-15-31/h1-15,24-28,33,46H,16-23H2. The van der Waals surface area contributed by atoms with Gasteiger partial charge in [-0.1, -0.05) is 91.0 Å². The maximum atomic E-state index is 10.3. The smallest absolute Gasteiger partial charge is 0.225 e. The molecule has 1 N–H and O–H groups in total. The first kappa shape index (κ1) is 30.1. The highest BCUT2D eigenvalue weighted by molar-refractivity contribution is 5.87. The molecule has 1 saturated heterocycles. The van der Waals surface area contributed by atoms with Crippen LogP contribution in [0.3, 0.4) is 0 Å². The Bertz CT molecular complexity index is 1880. The zero-order chi connectivity index (χ0) is 32.3. The van der Waals surface area contributed by atoms with E-state index in [-0.39, 0.29) is 17.8 Å². The van der Waals surface area contributed by atoms with Crippen molar-refractivity contribution in [2.45, 2.75) is 43.2 Å². The molecule has 1 saturated carbocycles. The van der Waals surface area contributed by atoms with Gasteiger partial charge in [-0.05, 0) is 48.4 Å². The summed E-state index contributed by atoms with van der Waals surface area (Å²) in [6, 6.07) is 35.6. The number of morpholine rings is 1. The first-order chi connectivity index (χ1) is 23.7. The van der Waals surface area contributed by atoms with Gasteiger partial charge in [0.25, 0.3) is 0 Å². The van der Waals surface area contributed by atoms with E-state index in [4.69, 9.17) is 19.6 Å². The van der Waals surface area contributed by atoms with Gasteiger partial charge in [0.15, 0.2) is 0 Å². The Morgan fingerprint density at radius 3 is 1.98 bits per heavy atom. The van der Waals surface area contributed by atoms with Crippen LogP contribution >= 0.6 is 0 Å². The molecule has 6 aromatic rings. The maximum absolute atomic E-state index is 10.3. The Morgan fingerprint density at radius 1 is 0.771 bits per heavy atom. The molecule has 2 fully saturated rings. The molecule has 3 aromatic carbocycles. The maximum Gasteiger partial charge on any atom is 0.225 e. The monoisotopic (exact) mass is 638 g/mol. The number of nitrogens with zero attached hydrogens (tertiary/aromatic N) is 6. The Labute approximate surface area is 279 Å². The molecule has 0 unspecified atom stereocenters. The number of pyridine rings is 2. The van der Waals surface area contributed by atoms with E-state index in [9.17, 15) is 5.11 Å². The predicted molar refractivity (Wildman–Crippen MR) is 184 cm³/mol. The molecule has 0 radical (unpaired) electrons. The number of hydrogen-bond acceptors (Lipinski definition) is 8. The number of rotatable bonds is 8. The second-order valence-corrected chi connectivity index (χ2v) is 12.6. The SMILES string of the molecule is Oc1cnc2cc(N3CCOCC3)nc(OC3CCC(c4nncn4C(c4ccccc4)(c4ccccc4)c4ccccc4)CC3)c2c1. The number of anilines is 1. The highest BCUT2D eigenvalue weighted by atomic mass is 16.5. The lowest BCUT2D eigenvalue weighted by Gasteiger charge is -2.39. The van der Waals surface area contributed by atoms with Crippen LogP contribution in [0.2, 0.25) is 0 Å². The highest BCUT2D eigenvalue weighted by Crippen LogP contribution is 2.44.